The summed E-state index contributed by atoms with van der Waals surface area (Å²) < 4.78 is 0. The lowest BCUT2D eigenvalue weighted by atomic mass is 10.2. The summed E-state index contributed by atoms with van der Waals surface area (Å²) in [4.78, 5) is 11.5. The number of aliphatic hydroxyl groups excluding tert-OH is 2. The number of halogens is 1. The van der Waals surface area contributed by atoms with E-state index in [1.165, 1.54) is 6.07 Å². The van der Waals surface area contributed by atoms with Gasteiger partial charge in [0, 0.05) is 17.1 Å². The number of benzene rings is 1. The second kappa shape index (κ2) is 5.70. The molecule has 0 fully saturated rings. The maximum Gasteiger partial charge on any atom is 0.251 e. The molecule has 0 aliphatic rings. The second-order valence-corrected chi connectivity index (χ2v) is 3.49. The van der Waals surface area contributed by atoms with E-state index in [0.29, 0.717) is 10.6 Å². The summed E-state index contributed by atoms with van der Waals surface area (Å²) in [5.74, 6) is -0.329. The topological polar surface area (TPSA) is 69.6 Å². The Hall–Kier alpha value is -1.10. The van der Waals surface area contributed by atoms with Crippen LogP contribution in [0.2, 0.25) is 5.02 Å². The van der Waals surface area contributed by atoms with E-state index in [0.717, 1.165) is 0 Å². The zero-order valence-electron chi connectivity index (χ0n) is 7.98. The number of carbonyl (C=O) groups is 1. The summed E-state index contributed by atoms with van der Waals surface area (Å²) in [6.07, 6.45) is -0.937. The van der Waals surface area contributed by atoms with Crippen molar-refractivity contribution in [2.75, 3.05) is 13.2 Å². The molecule has 1 atom stereocenters. The van der Waals surface area contributed by atoms with E-state index in [2.05, 4.69) is 5.32 Å². The van der Waals surface area contributed by atoms with Gasteiger partial charge in [-0.05, 0) is 18.2 Å². The van der Waals surface area contributed by atoms with Crippen molar-refractivity contribution in [3.8, 4) is 0 Å². The quantitative estimate of drug-likeness (QED) is 0.701. The third kappa shape index (κ3) is 3.87. The predicted octanol–water partition coefficient (Wildman–Crippen LogP) is 0.423. The Morgan fingerprint density at radius 3 is 2.87 bits per heavy atom. The first kappa shape index (κ1) is 12.0. The molecular formula is C10H12ClNO3. The van der Waals surface area contributed by atoms with E-state index in [4.69, 9.17) is 21.8 Å². The first-order valence-corrected chi connectivity index (χ1v) is 4.84. The molecular weight excluding hydrogens is 218 g/mol. The highest BCUT2D eigenvalue weighted by atomic mass is 35.5. The summed E-state index contributed by atoms with van der Waals surface area (Å²) in [6, 6.07) is 6.48. The molecule has 0 saturated carbocycles. The number of amides is 1. The van der Waals surface area contributed by atoms with Gasteiger partial charge in [0.2, 0.25) is 0 Å². The smallest absolute Gasteiger partial charge is 0.251 e. The zero-order chi connectivity index (χ0) is 11.3. The molecule has 0 aliphatic heterocycles. The highest BCUT2D eigenvalue weighted by molar-refractivity contribution is 6.30. The van der Waals surface area contributed by atoms with Crippen molar-refractivity contribution in [3.05, 3.63) is 34.9 Å². The number of carbonyl (C=O) groups excluding carboxylic acids is 1. The largest absolute Gasteiger partial charge is 0.394 e. The van der Waals surface area contributed by atoms with Gasteiger partial charge >= 0.3 is 0 Å². The molecule has 15 heavy (non-hydrogen) atoms. The Morgan fingerprint density at radius 2 is 2.27 bits per heavy atom. The number of rotatable bonds is 4. The van der Waals surface area contributed by atoms with Crippen molar-refractivity contribution >= 4 is 17.5 Å². The number of hydrogen-bond acceptors (Lipinski definition) is 3. The Balaban J connectivity index is 2.54. The van der Waals surface area contributed by atoms with Crippen LogP contribution in [-0.2, 0) is 0 Å². The van der Waals surface area contributed by atoms with E-state index in [1.54, 1.807) is 18.2 Å². The van der Waals surface area contributed by atoms with Gasteiger partial charge in [-0.2, -0.15) is 0 Å². The molecule has 0 radical (unpaired) electrons. The van der Waals surface area contributed by atoms with Crippen LogP contribution in [0, 0.1) is 0 Å². The molecule has 0 aromatic heterocycles. The highest BCUT2D eigenvalue weighted by Gasteiger charge is 2.07. The lowest BCUT2D eigenvalue weighted by Gasteiger charge is -2.08. The summed E-state index contributed by atoms with van der Waals surface area (Å²) in [5.41, 5.74) is 0.424. The van der Waals surface area contributed by atoms with Crippen LogP contribution in [0.3, 0.4) is 0 Å². The number of hydrogen-bond donors (Lipinski definition) is 3. The Kier molecular flexibility index (Phi) is 4.55. The summed E-state index contributed by atoms with van der Waals surface area (Å²) in [5, 5.41) is 20.5. The van der Waals surface area contributed by atoms with Crippen molar-refractivity contribution in [1.82, 2.24) is 5.32 Å². The molecule has 1 amide bonds. The van der Waals surface area contributed by atoms with Crippen LogP contribution >= 0.6 is 11.6 Å². The van der Waals surface area contributed by atoms with Crippen LogP contribution in [0.25, 0.3) is 0 Å². The standard InChI is InChI=1S/C10H12ClNO3/c11-8-3-1-2-7(4-8)10(15)12-5-9(14)6-13/h1-4,9,13-14H,5-6H2,(H,12,15)/t9-/m1/s1. The molecule has 1 aromatic carbocycles. The molecule has 1 rings (SSSR count). The first-order chi connectivity index (χ1) is 7.13. The van der Waals surface area contributed by atoms with E-state index >= 15 is 0 Å². The Morgan fingerprint density at radius 1 is 1.53 bits per heavy atom. The van der Waals surface area contributed by atoms with Gasteiger partial charge in [0.05, 0.1) is 12.7 Å². The lowest BCUT2D eigenvalue weighted by molar-refractivity contribution is 0.0802. The van der Waals surface area contributed by atoms with Gasteiger partial charge in [-0.25, -0.2) is 0 Å². The van der Waals surface area contributed by atoms with Crippen molar-refractivity contribution < 1.29 is 15.0 Å². The van der Waals surface area contributed by atoms with E-state index in [-0.39, 0.29) is 19.1 Å². The zero-order valence-corrected chi connectivity index (χ0v) is 8.74. The molecule has 0 heterocycles. The lowest BCUT2D eigenvalue weighted by Crippen LogP contribution is -2.33. The van der Waals surface area contributed by atoms with Gasteiger partial charge < -0.3 is 15.5 Å². The van der Waals surface area contributed by atoms with Gasteiger partial charge in [0.25, 0.3) is 5.91 Å². The minimum Gasteiger partial charge on any atom is -0.394 e. The average molecular weight is 230 g/mol. The van der Waals surface area contributed by atoms with E-state index < -0.39 is 6.10 Å². The monoisotopic (exact) mass is 229 g/mol. The molecule has 1 aromatic rings. The molecule has 5 heteroatoms. The molecule has 0 saturated heterocycles. The molecule has 0 unspecified atom stereocenters. The fraction of sp³-hybridized carbons (Fsp3) is 0.300. The predicted molar refractivity (Wildman–Crippen MR) is 56.9 cm³/mol. The van der Waals surface area contributed by atoms with Crippen LogP contribution in [0.1, 0.15) is 10.4 Å². The van der Waals surface area contributed by atoms with Gasteiger partial charge in [-0.15, -0.1) is 0 Å². The van der Waals surface area contributed by atoms with Crippen molar-refractivity contribution in [3.63, 3.8) is 0 Å². The Labute approximate surface area is 92.5 Å². The normalized spacial score (nSPS) is 12.2. The fourth-order valence-electron chi connectivity index (χ4n) is 1.01. The van der Waals surface area contributed by atoms with Gasteiger partial charge in [-0.3, -0.25) is 4.79 Å². The Bertz CT molecular complexity index is 343. The molecule has 0 spiro atoms. The van der Waals surface area contributed by atoms with Crippen LogP contribution in [-0.4, -0.2) is 35.4 Å². The summed E-state index contributed by atoms with van der Waals surface area (Å²) in [7, 11) is 0. The van der Waals surface area contributed by atoms with E-state index in [9.17, 15) is 4.79 Å². The second-order valence-electron chi connectivity index (χ2n) is 3.06. The molecule has 4 nitrogen and oxygen atoms in total. The van der Waals surface area contributed by atoms with Crippen molar-refractivity contribution in [2.45, 2.75) is 6.10 Å². The molecule has 0 aliphatic carbocycles. The number of aliphatic hydroxyl groups is 2. The third-order valence-corrected chi connectivity index (χ3v) is 2.03. The summed E-state index contributed by atoms with van der Waals surface area (Å²) >= 11 is 5.71. The van der Waals surface area contributed by atoms with Crippen molar-refractivity contribution in [1.29, 1.82) is 0 Å². The van der Waals surface area contributed by atoms with Crippen LogP contribution in [0.15, 0.2) is 24.3 Å². The van der Waals surface area contributed by atoms with E-state index in [1.807, 2.05) is 0 Å². The minimum absolute atomic E-state index is 0.0157. The first-order valence-electron chi connectivity index (χ1n) is 4.46. The fourth-order valence-corrected chi connectivity index (χ4v) is 1.20. The molecule has 3 N–H and O–H groups in total. The van der Waals surface area contributed by atoms with Crippen LogP contribution in [0.5, 0.6) is 0 Å². The SMILES string of the molecule is O=C(NC[C@@H](O)CO)c1cccc(Cl)c1. The van der Waals surface area contributed by atoms with Gasteiger partial charge in [0.1, 0.15) is 0 Å². The molecule has 82 valence electrons. The maximum atomic E-state index is 11.5. The summed E-state index contributed by atoms with van der Waals surface area (Å²) in [6.45, 7) is -0.363. The molecule has 0 bridgehead atoms. The van der Waals surface area contributed by atoms with Gasteiger partial charge in [0.15, 0.2) is 0 Å². The highest BCUT2D eigenvalue weighted by Crippen LogP contribution is 2.10. The van der Waals surface area contributed by atoms with Crippen LogP contribution < -0.4 is 5.32 Å². The van der Waals surface area contributed by atoms with Crippen molar-refractivity contribution in [2.24, 2.45) is 0 Å². The average Bonchev–Trinajstić information content (AvgIpc) is 2.25. The minimum atomic E-state index is -0.937. The third-order valence-electron chi connectivity index (χ3n) is 1.80. The maximum absolute atomic E-state index is 11.5. The van der Waals surface area contributed by atoms with Crippen LogP contribution in [0.4, 0.5) is 0 Å². The number of nitrogens with one attached hydrogen (secondary N) is 1. The van der Waals surface area contributed by atoms with Gasteiger partial charge in [-0.1, -0.05) is 17.7 Å².